The molecule has 2 aliphatic heterocycles. The van der Waals surface area contributed by atoms with E-state index in [-0.39, 0.29) is 0 Å². The van der Waals surface area contributed by atoms with Crippen LogP contribution < -0.4 is 0 Å². The zero-order valence-corrected chi connectivity index (χ0v) is 10.8. The molecule has 2 aliphatic rings. The van der Waals surface area contributed by atoms with Crippen molar-refractivity contribution in [2.24, 2.45) is 0 Å². The molecule has 0 radical (unpaired) electrons. The predicted octanol–water partition coefficient (Wildman–Crippen LogP) is 0.393. The molecule has 0 aromatic heterocycles. The largest absolute Gasteiger partial charge is 0.387 e. The van der Waals surface area contributed by atoms with Gasteiger partial charge in [-0.2, -0.15) is 0 Å². The van der Waals surface area contributed by atoms with Crippen LogP contribution in [0.15, 0.2) is 18.2 Å². The van der Waals surface area contributed by atoms with E-state index >= 15 is 0 Å². The lowest BCUT2D eigenvalue weighted by Gasteiger charge is -2.31. The van der Waals surface area contributed by atoms with Crippen LogP contribution in [0.5, 0.6) is 0 Å². The summed E-state index contributed by atoms with van der Waals surface area (Å²) in [5.41, 5.74) is 1.91. The Morgan fingerprint density at radius 2 is 1.95 bits per heavy atom. The number of hydrogen-bond donors (Lipinski definition) is 3. The summed E-state index contributed by atoms with van der Waals surface area (Å²) in [5.74, 6) is 0. The van der Waals surface area contributed by atoms with Crippen molar-refractivity contribution in [3.63, 3.8) is 0 Å². The summed E-state index contributed by atoms with van der Waals surface area (Å²) >= 11 is 5.96. The third-order valence-electron chi connectivity index (χ3n) is 3.65. The molecule has 1 saturated heterocycles. The van der Waals surface area contributed by atoms with Crippen LogP contribution in [0.4, 0.5) is 0 Å². The molecule has 0 saturated carbocycles. The van der Waals surface area contributed by atoms with E-state index < -0.39 is 30.7 Å². The van der Waals surface area contributed by atoms with Crippen molar-refractivity contribution in [3.8, 4) is 0 Å². The van der Waals surface area contributed by atoms with Crippen molar-refractivity contribution in [2.75, 3.05) is 6.61 Å². The fourth-order valence-electron chi connectivity index (χ4n) is 2.66. The number of halogens is 1. The molecular formula is C13H15ClO5. The minimum absolute atomic E-state index is 0.483. The van der Waals surface area contributed by atoms with Gasteiger partial charge in [-0.1, -0.05) is 17.7 Å². The maximum atomic E-state index is 9.92. The molecule has 19 heavy (non-hydrogen) atoms. The van der Waals surface area contributed by atoms with Crippen molar-refractivity contribution < 1.29 is 24.8 Å². The molecule has 3 rings (SSSR count). The summed E-state index contributed by atoms with van der Waals surface area (Å²) in [7, 11) is 0. The van der Waals surface area contributed by atoms with Crippen LogP contribution in [0.2, 0.25) is 5.02 Å². The molecule has 1 aromatic carbocycles. The highest BCUT2D eigenvalue weighted by Gasteiger charge is 2.47. The molecule has 0 aliphatic carbocycles. The van der Waals surface area contributed by atoms with Gasteiger partial charge < -0.3 is 24.8 Å². The number of fused-ring (bicyclic) bond motifs is 1. The molecule has 5 atom stereocenters. The van der Waals surface area contributed by atoms with Gasteiger partial charge in [0.25, 0.3) is 0 Å². The minimum Gasteiger partial charge on any atom is -0.387 e. The number of aliphatic hydroxyl groups is 3. The van der Waals surface area contributed by atoms with Gasteiger partial charge >= 0.3 is 0 Å². The molecular weight excluding hydrogens is 272 g/mol. The average Bonchev–Trinajstić information content (AvgIpc) is 2.65. The molecule has 5 nitrogen and oxygen atoms in total. The summed E-state index contributed by atoms with van der Waals surface area (Å²) in [6, 6.07) is 5.44. The highest BCUT2D eigenvalue weighted by molar-refractivity contribution is 6.30. The van der Waals surface area contributed by atoms with Gasteiger partial charge in [0.15, 0.2) is 6.29 Å². The van der Waals surface area contributed by atoms with Gasteiger partial charge in [0.2, 0.25) is 0 Å². The first kappa shape index (κ1) is 13.3. The Morgan fingerprint density at radius 3 is 2.63 bits per heavy atom. The Balaban J connectivity index is 1.92. The molecule has 6 heteroatoms. The normalized spacial score (nSPS) is 38.2. The second kappa shape index (κ2) is 5.01. The zero-order valence-electron chi connectivity index (χ0n) is 10.1. The number of aliphatic hydroxyl groups excluding tert-OH is 3. The Morgan fingerprint density at radius 1 is 1.16 bits per heavy atom. The van der Waals surface area contributed by atoms with Crippen molar-refractivity contribution in [2.45, 2.75) is 37.1 Å². The zero-order chi connectivity index (χ0) is 13.6. The standard InChI is InChI=1S/C13H15ClO5/c14-7-1-2-8-6(5-7)3-4-18-11(8)12-9(15)10(16)13(17)19-12/h1-2,5,9-13,15-17H,3-4H2/t9-,10+,11+,12-,13?/m0/s1. The van der Waals surface area contributed by atoms with E-state index in [1.807, 2.05) is 12.1 Å². The maximum Gasteiger partial charge on any atom is 0.184 e. The SMILES string of the molecule is OC1O[C@H]([C@@H]2OCCc3cc(Cl)ccc32)[C@@H](O)[C@H]1O. The highest BCUT2D eigenvalue weighted by Crippen LogP contribution is 2.37. The molecule has 1 unspecified atom stereocenters. The number of hydrogen-bond acceptors (Lipinski definition) is 5. The van der Waals surface area contributed by atoms with E-state index in [9.17, 15) is 15.3 Å². The summed E-state index contributed by atoms with van der Waals surface area (Å²) in [5, 5.41) is 29.6. The number of ether oxygens (including phenoxy) is 2. The van der Waals surface area contributed by atoms with Crippen LogP contribution in [0.1, 0.15) is 17.2 Å². The van der Waals surface area contributed by atoms with Gasteiger partial charge in [-0.25, -0.2) is 0 Å². The molecule has 104 valence electrons. The Kier molecular flexibility index (Phi) is 3.51. The van der Waals surface area contributed by atoms with Gasteiger partial charge in [-0.15, -0.1) is 0 Å². The number of benzene rings is 1. The van der Waals surface area contributed by atoms with Crippen molar-refractivity contribution in [1.82, 2.24) is 0 Å². The van der Waals surface area contributed by atoms with Crippen LogP contribution in [0.25, 0.3) is 0 Å². The second-order valence-electron chi connectivity index (χ2n) is 4.86. The quantitative estimate of drug-likeness (QED) is 0.696. The maximum absolute atomic E-state index is 9.92. The van der Waals surface area contributed by atoms with Crippen LogP contribution in [0.3, 0.4) is 0 Å². The first-order chi connectivity index (χ1) is 9.08. The van der Waals surface area contributed by atoms with Gasteiger partial charge in [0.05, 0.1) is 6.61 Å². The van der Waals surface area contributed by atoms with E-state index in [0.29, 0.717) is 11.6 Å². The van der Waals surface area contributed by atoms with Crippen molar-refractivity contribution >= 4 is 11.6 Å². The molecule has 1 aromatic rings. The highest BCUT2D eigenvalue weighted by atomic mass is 35.5. The van der Waals surface area contributed by atoms with Crippen molar-refractivity contribution in [3.05, 3.63) is 34.3 Å². The van der Waals surface area contributed by atoms with Gasteiger partial charge in [0, 0.05) is 5.02 Å². The van der Waals surface area contributed by atoms with E-state index in [0.717, 1.165) is 17.5 Å². The van der Waals surface area contributed by atoms with E-state index in [4.69, 9.17) is 21.1 Å². The van der Waals surface area contributed by atoms with Crippen molar-refractivity contribution in [1.29, 1.82) is 0 Å². The molecule has 0 bridgehead atoms. The first-order valence-electron chi connectivity index (χ1n) is 6.17. The smallest absolute Gasteiger partial charge is 0.184 e. The van der Waals surface area contributed by atoms with Crippen LogP contribution in [-0.4, -0.2) is 46.5 Å². The fourth-order valence-corrected chi connectivity index (χ4v) is 2.86. The lowest BCUT2D eigenvalue weighted by atomic mass is 9.92. The van der Waals surface area contributed by atoms with E-state index in [1.165, 1.54) is 0 Å². The first-order valence-corrected chi connectivity index (χ1v) is 6.55. The topological polar surface area (TPSA) is 79.2 Å². The predicted molar refractivity (Wildman–Crippen MR) is 66.7 cm³/mol. The molecule has 2 heterocycles. The molecule has 1 fully saturated rings. The Labute approximate surface area is 115 Å². The lowest BCUT2D eigenvalue weighted by Crippen LogP contribution is -2.37. The molecule has 3 N–H and O–H groups in total. The van der Waals surface area contributed by atoms with Crippen LogP contribution in [-0.2, 0) is 15.9 Å². The van der Waals surface area contributed by atoms with Gasteiger partial charge in [0.1, 0.15) is 24.4 Å². The van der Waals surface area contributed by atoms with Crippen LogP contribution in [0, 0.1) is 0 Å². The van der Waals surface area contributed by atoms with E-state index in [2.05, 4.69) is 0 Å². The summed E-state index contributed by atoms with van der Waals surface area (Å²) in [6.45, 7) is 0.483. The average molecular weight is 287 g/mol. The lowest BCUT2D eigenvalue weighted by molar-refractivity contribution is -0.158. The second-order valence-corrected chi connectivity index (χ2v) is 5.29. The molecule has 0 spiro atoms. The Bertz CT molecular complexity index is 480. The summed E-state index contributed by atoms with van der Waals surface area (Å²) in [4.78, 5) is 0. The van der Waals surface area contributed by atoms with Gasteiger partial charge in [-0.05, 0) is 29.7 Å². The third kappa shape index (κ3) is 2.27. The summed E-state index contributed by atoms with van der Waals surface area (Å²) in [6.07, 6.45) is -4.44. The third-order valence-corrected chi connectivity index (χ3v) is 3.89. The Hall–Kier alpha value is -0.690. The van der Waals surface area contributed by atoms with Gasteiger partial charge in [-0.3, -0.25) is 0 Å². The fraction of sp³-hybridized carbons (Fsp3) is 0.538. The minimum atomic E-state index is -1.39. The number of rotatable bonds is 1. The van der Waals surface area contributed by atoms with Crippen LogP contribution >= 0.6 is 11.6 Å². The van der Waals surface area contributed by atoms with E-state index in [1.54, 1.807) is 6.07 Å². The summed E-state index contributed by atoms with van der Waals surface area (Å²) < 4.78 is 10.9. The monoisotopic (exact) mass is 286 g/mol. The molecule has 0 amide bonds.